The van der Waals surface area contributed by atoms with E-state index >= 15 is 0 Å². The van der Waals surface area contributed by atoms with Crippen LogP contribution in [0.25, 0.3) is 0 Å². The smallest absolute Gasteiger partial charge is 0.326 e. The molecular formula is C25H45N9O6. The number of nitrogens with one attached hydrogen (secondary N) is 5. The average molecular weight is 568 g/mol. The number of rotatable bonds is 20. The summed E-state index contributed by atoms with van der Waals surface area (Å²) in [5, 5.41) is 19.9. The van der Waals surface area contributed by atoms with Crippen LogP contribution < -0.4 is 38.5 Å². The molecule has 0 saturated carbocycles. The van der Waals surface area contributed by atoms with Gasteiger partial charge in [0.1, 0.15) is 24.2 Å². The van der Waals surface area contributed by atoms with Gasteiger partial charge in [0.15, 0.2) is 0 Å². The summed E-state index contributed by atoms with van der Waals surface area (Å²) in [7, 11) is 0. The van der Waals surface area contributed by atoms with Crippen molar-refractivity contribution in [2.24, 2.45) is 23.1 Å². The Morgan fingerprint density at radius 3 is 1.90 bits per heavy atom. The van der Waals surface area contributed by atoms with E-state index in [2.05, 4.69) is 31.2 Å². The van der Waals surface area contributed by atoms with Crippen molar-refractivity contribution < 1.29 is 29.1 Å². The van der Waals surface area contributed by atoms with Gasteiger partial charge in [-0.05, 0) is 57.5 Å². The molecule has 0 unspecified atom stereocenters. The second-order valence-electron chi connectivity index (χ2n) is 9.86. The number of H-pyrrole nitrogens is 1. The van der Waals surface area contributed by atoms with E-state index in [-0.39, 0.29) is 31.7 Å². The van der Waals surface area contributed by atoms with Gasteiger partial charge in [-0.15, -0.1) is 0 Å². The van der Waals surface area contributed by atoms with Crippen LogP contribution in [0.4, 0.5) is 0 Å². The van der Waals surface area contributed by atoms with Crippen LogP contribution in [-0.2, 0) is 30.4 Å². The van der Waals surface area contributed by atoms with E-state index in [1.54, 1.807) is 13.8 Å². The van der Waals surface area contributed by atoms with E-state index < -0.39 is 53.8 Å². The van der Waals surface area contributed by atoms with E-state index in [0.29, 0.717) is 44.5 Å². The molecule has 15 nitrogen and oxygen atoms in total. The molecule has 0 aromatic carbocycles. The molecule has 0 radical (unpaired) electrons. The molecule has 1 heterocycles. The van der Waals surface area contributed by atoms with Crippen molar-refractivity contribution in [2.45, 2.75) is 83.0 Å². The van der Waals surface area contributed by atoms with E-state index in [0.717, 1.165) is 0 Å². The molecule has 0 saturated heterocycles. The van der Waals surface area contributed by atoms with Gasteiger partial charge < -0.3 is 48.6 Å². The predicted molar refractivity (Wildman–Crippen MR) is 147 cm³/mol. The first-order valence-corrected chi connectivity index (χ1v) is 13.5. The van der Waals surface area contributed by atoms with Gasteiger partial charge >= 0.3 is 5.97 Å². The van der Waals surface area contributed by atoms with Gasteiger partial charge in [-0.3, -0.25) is 19.2 Å². The van der Waals surface area contributed by atoms with Crippen LogP contribution in [0, 0.1) is 5.92 Å². The van der Waals surface area contributed by atoms with Crippen molar-refractivity contribution >= 4 is 29.6 Å². The molecule has 0 fully saturated rings. The highest BCUT2D eigenvalue weighted by Crippen LogP contribution is 2.09. The van der Waals surface area contributed by atoms with Crippen molar-refractivity contribution in [3.8, 4) is 0 Å². The molecule has 4 amide bonds. The van der Waals surface area contributed by atoms with Crippen LogP contribution >= 0.6 is 0 Å². The Morgan fingerprint density at radius 2 is 1.40 bits per heavy atom. The number of amides is 4. The summed E-state index contributed by atoms with van der Waals surface area (Å²) in [4.78, 5) is 70.0. The van der Waals surface area contributed by atoms with E-state index in [1.165, 1.54) is 12.5 Å². The minimum absolute atomic E-state index is 0.0759. The Bertz CT molecular complexity index is 941. The second-order valence-corrected chi connectivity index (χ2v) is 9.86. The third kappa shape index (κ3) is 12.5. The molecule has 0 bridgehead atoms. The normalized spacial score (nSPS) is 14.1. The molecule has 12 N–H and O–H groups in total. The summed E-state index contributed by atoms with van der Waals surface area (Å²) in [6, 6.07) is -4.29. The lowest BCUT2D eigenvalue weighted by Crippen LogP contribution is -2.59. The quantitative estimate of drug-likeness (QED) is 0.0771. The summed E-state index contributed by atoms with van der Waals surface area (Å²) in [5.41, 5.74) is 17.1. The first kappa shape index (κ1) is 34.5. The Balaban J connectivity index is 3.05. The molecule has 1 aromatic heterocycles. The van der Waals surface area contributed by atoms with Gasteiger partial charge in [-0.1, -0.05) is 13.8 Å². The number of aromatic nitrogens is 2. The fourth-order valence-electron chi connectivity index (χ4n) is 3.91. The van der Waals surface area contributed by atoms with Crippen molar-refractivity contribution in [3.05, 3.63) is 18.2 Å². The maximum Gasteiger partial charge on any atom is 0.326 e. The average Bonchev–Trinajstić information content (AvgIpc) is 3.42. The lowest BCUT2D eigenvalue weighted by molar-refractivity contribution is -0.142. The predicted octanol–water partition coefficient (Wildman–Crippen LogP) is -2.15. The minimum Gasteiger partial charge on any atom is -0.480 e. The number of imidazole rings is 1. The molecular weight excluding hydrogens is 522 g/mol. The van der Waals surface area contributed by atoms with Crippen LogP contribution in [0.5, 0.6) is 0 Å². The molecule has 0 aliphatic carbocycles. The zero-order chi connectivity index (χ0) is 30.1. The Kier molecular flexibility index (Phi) is 16.1. The van der Waals surface area contributed by atoms with Gasteiger partial charge in [0.2, 0.25) is 23.6 Å². The molecule has 0 aliphatic heterocycles. The van der Waals surface area contributed by atoms with Crippen LogP contribution in [0.3, 0.4) is 0 Å². The molecule has 40 heavy (non-hydrogen) atoms. The number of nitrogens with zero attached hydrogens (tertiary/aromatic N) is 1. The van der Waals surface area contributed by atoms with Crippen LogP contribution in [0.15, 0.2) is 12.5 Å². The number of carboxylic acid groups (broad SMARTS) is 1. The van der Waals surface area contributed by atoms with E-state index in [9.17, 15) is 29.1 Å². The summed E-state index contributed by atoms with van der Waals surface area (Å²) in [6.45, 7) is 3.87. The highest BCUT2D eigenvalue weighted by Gasteiger charge is 2.32. The molecule has 226 valence electrons. The maximum atomic E-state index is 13.3. The molecule has 0 aliphatic rings. The fourth-order valence-corrected chi connectivity index (χ4v) is 3.91. The Labute approximate surface area is 234 Å². The number of nitrogens with two attached hydrogens (primary N) is 3. The SMILES string of the molecule is CC(C)[C@H](NC(=O)[C@H](CCCCN)NC(=O)[C@H](Cc1cnc[nH]1)NC(=O)CN)C(=O)N[C@@H](CCCCN)C(=O)O. The number of aliphatic carboxylic acids is 1. The van der Waals surface area contributed by atoms with Gasteiger partial charge in [-0.2, -0.15) is 0 Å². The Hall–Kier alpha value is -3.56. The van der Waals surface area contributed by atoms with Gasteiger partial charge in [0.05, 0.1) is 12.9 Å². The topological polar surface area (TPSA) is 260 Å². The first-order chi connectivity index (χ1) is 19.0. The molecule has 1 rings (SSSR count). The number of carboxylic acids is 1. The second kappa shape index (κ2) is 18.7. The minimum atomic E-state index is -1.19. The summed E-state index contributed by atoms with van der Waals surface area (Å²) >= 11 is 0. The van der Waals surface area contributed by atoms with Crippen molar-refractivity contribution in [2.75, 3.05) is 19.6 Å². The molecule has 4 atom stereocenters. The summed E-state index contributed by atoms with van der Waals surface area (Å²) in [6.07, 6.45) is 5.67. The third-order valence-corrected chi connectivity index (χ3v) is 6.20. The largest absolute Gasteiger partial charge is 0.480 e. The standard InChI is InChI=1S/C25H45N9O6/c1-15(2)21(24(38)33-18(25(39)40)8-4-6-10-27)34-22(36)17(7-3-5-9-26)32-23(37)19(31-20(35)12-28)11-16-13-29-14-30-16/h13-15,17-19,21H,3-12,26-28H2,1-2H3,(H,29,30)(H,31,35)(H,32,37)(H,33,38)(H,34,36)(H,39,40)/t17-,18-,19-,21-/m0/s1. The number of aromatic amines is 1. The monoisotopic (exact) mass is 567 g/mol. The van der Waals surface area contributed by atoms with Crippen molar-refractivity contribution in [1.29, 1.82) is 0 Å². The van der Waals surface area contributed by atoms with Crippen molar-refractivity contribution in [3.63, 3.8) is 0 Å². The number of hydrogen-bond acceptors (Lipinski definition) is 9. The zero-order valence-corrected chi connectivity index (χ0v) is 23.3. The number of carbonyl (C=O) groups is 5. The van der Waals surface area contributed by atoms with Crippen LogP contribution in [-0.4, -0.2) is 88.5 Å². The Morgan fingerprint density at radius 1 is 0.825 bits per heavy atom. The first-order valence-electron chi connectivity index (χ1n) is 13.5. The highest BCUT2D eigenvalue weighted by molar-refractivity contribution is 5.95. The van der Waals surface area contributed by atoms with Gasteiger partial charge in [0.25, 0.3) is 0 Å². The van der Waals surface area contributed by atoms with Crippen molar-refractivity contribution in [1.82, 2.24) is 31.2 Å². The molecule has 1 aromatic rings. The zero-order valence-electron chi connectivity index (χ0n) is 23.3. The summed E-state index contributed by atoms with van der Waals surface area (Å²) < 4.78 is 0. The van der Waals surface area contributed by atoms with Crippen LogP contribution in [0.2, 0.25) is 0 Å². The highest BCUT2D eigenvalue weighted by atomic mass is 16.4. The lowest BCUT2D eigenvalue weighted by atomic mass is 10.0. The summed E-state index contributed by atoms with van der Waals surface area (Å²) in [5.74, 6) is -4.03. The lowest BCUT2D eigenvalue weighted by Gasteiger charge is -2.27. The van der Waals surface area contributed by atoms with Gasteiger partial charge in [0, 0.05) is 18.3 Å². The number of hydrogen-bond donors (Lipinski definition) is 9. The fraction of sp³-hybridized carbons (Fsp3) is 0.680. The van der Waals surface area contributed by atoms with Crippen LogP contribution in [0.1, 0.15) is 58.1 Å². The van der Waals surface area contributed by atoms with E-state index in [4.69, 9.17) is 17.2 Å². The third-order valence-electron chi connectivity index (χ3n) is 6.20. The molecule has 15 heteroatoms. The van der Waals surface area contributed by atoms with Gasteiger partial charge in [-0.25, -0.2) is 9.78 Å². The number of carbonyl (C=O) groups excluding carboxylic acids is 4. The maximum absolute atomic E-state index is 13.3. The molecule has 0 spiro atoms. The van der Waals surface area contributed by atoms with E-state index in [1.807, 2.05) is 0 Å². The number of unbranched alkanes of at least 4 members (excludes halogenated alkanes) is 2.